The van der Waals surface area contributed by atoms with Gasteiger partial charge in [0.2, 0.25) is 17.7 Å². The van der Waals surface area contributed by atoms with Crippen molar-refractivity contribution < 1.29 is 14.4 Å². The summed E-state index contributed by atoms with van der Waals surface area (Å²) in [7, 11) is 0. The number of hydrogen-bond acceptors (Lipinski definition) is 3. The van der Waals surface area contributed by atoms with E-state index >= 15 is 0 Å². The smallest absolute Gasteiger partial charge is 0.227 e. The highest BCUT2D eigenvalue weighted by atomic mass is 16.2. The van der Waals surface area contributed by atoms with E-state index in [9.17, 15) is 14.4 Å². The van der Waals surface area contributed by atoms with Gasteiger partial charge in [0.1, 0.15) is 0 Å². The van der Waals surface area contributed by atoms with Crippen LogP contribution in [-0.4, -0.2) is 60.2 Å². The first-order valence-corrected chi connectivity index (χ1v) is 6.39. The highest BCUT2D eigenvalue weighted by Gasteiger charge is 2.30. The minimum atomic E-state index is -0.0911. The third kappa shape index (κ3) is 2.80. The highest BCUT2D eigenvalue weighted by molar-refractivity contribution is 5.84. The van der Waals surface area contributed by atoms with E-state index in [4.69, 9.17) is 0 Å². The van der Waals surface area contributed by atoms with E-state index in [-0.39, 0.29) is 23.6 Å². The zero-order valence-corrected chi connectivity index (χ0v) is 10.6. The van der Waals surface area contributed by atoms with Crippen LogP contribution in [0, 0.1) is 5.92 Å². The number of carbonyl (C=O) groups is 3. The van der Waals surface area contributed by atoms with Crippen molar-refractivity contribution in [3.63, 3.8) is 0 Å². The van der Waals surface area contributed by atoms with Crippen LogP contribution in [0.2, 0.25) is 0 Å². The van der Waals surface area contributed by atoms with Crippen LogP contribution in [0.1, 0.15) is 19.8 Å². The summed E-state index contributed by atoms with van der Waals surface area (Å²) in [4.78, 5) is 38.0. The molecule has 0 aliphatic carbocycles. The first-order valence-electron chi connectivity index (χ1n) is 6.39. The van der Waals surface area contributed by atoms with Crippen molar-refractivity contribution in [2.75, 3.05) is 32.7 Å². The summed E-state index contributed by atoms with van der Waals surface area (Å²) in [5, 5.41) is 2.73. The minimum absolute atomic E-state index is 0.0282. The fourth-order valence-electron chi connectivity index (χ4n) is 2.44. The summed E-state index contributed by atoms with van der Waals surface area (Å²) >= 11 is 0. The number of nitrogens with zero attached hydrogens (tertiary/aromatic N) is 2. The lowest BCUT2D eigenvalue weighted by Crippen LogP contribution is -2.53. The van der Waals surface area contributed by atoms with Gasteiger partial charge in [-0.1, -0.05) is 0 Å². The Labute approximate surface area is 106 Å². The molecule has 18 heavy (non-hydrogen) atoms. The molecule has 0 aromatic rings. The van der Waals surface area contributed by atoms with Gasteiger partial charge in [-0.3, -0.25) is 14.4 Å². The number of hydrogen-bond donors (Lipinski definition) is 1. The van der Waals surface area contributed by atoms with Crippen molar-refractivity contribution in [3.05, 3.63) is 0 Å². The van der Waals surface area contributed by atoms with Crippen LogP contribution in [0.4, 0.5) is 0 Å². The topological polar surface area (TPSA) is 69.7 Å². The number of amides is 3. The van der Waals surface area contributed by atoms with Gasteiger partial charge in [0.15, 0.2) is 0 Å². The van der Waals surface area contributed by atoms with Crippen molar-refractivity contribution in [2.24, 2.45) is 5.92 Å². The highest BCUT2D eigenvalue weighted by Crippen LogP contribution is 2.15. The van der Waals surface area contributed by atoms with E-state index in [1.165, 1.54) is 0 Å². The average molecular weight is 253 g/mol. The van der Waals surface area contributed by atoms with Crippen molar-refractivity contribution >= 4 is 17.7 Å². The van der Waals surface area contributed by atoms with E-state index in [0.29, 0.717) is 45.6 Å². The van der Waals surface area contributed by atoms with Crippen LogP contribution >= 0.6 is 0 Å². The number of nitrogens with one attached hydrogen (secondary N) is 1. The Morgan fingerprint density at radius 2 is 1.78 bits per heavy atom. The molecule has 2 aliphatic heterocycles. The summed E-state index contributed by atoms with van der Waals surface area (Å²) in [5.41, 5.74) is 0. The Hall–Kier alpha value is -1.59. The van der Waals surface area contributed by atoms with E-state index < -0.39 is 0 Å². The molecular formula is C12H19N3O3. The van der Waals surface area contributed by atoms with E-state index in [1.807, 2.05) is 4.90 Å². The molecule has 100 valence electrons. The Kier molecular flexibility index (Phi) is 3.84. The molecule has 2 fully saturated rings. The van der Waals surface area contributed by atoms with Gasteiger partial charge < -0.3 is 15.1 Å². The summed E-state index contributed by atoms with van der Waals surface area (Å²) in [6.07, 6.45) is 1.07. The van der Waals surface area contributed by atoms with Gasteiger partial charge in [0.25, 0.3) is 0 Å². The largest absolute Gasteiger partial charge is 0.355 e. The van der Waals surface area contributed by atoms with Gasteiger partial charge in [-0.05, 0) is 6.42 Å². The Morgan fingerprint density at radius 1 is 1.17 bits per heavy atom. The molecule has 2 rings (SSSR count). The molecule has 3 amide bonds. The molecule has 6 heteroatoms. The van der Waals surface area contributed by atoms with Gasteiger partial charge in [0, 0.05) is 46.1 Å². The molecule has 2 aliphatic rings. The van der Waals surface area contributed by atoms with E-state index in [1.54, 1.807) is 11.8 Å². The minimum Gasteiger partial charge on any atom is -0.355 e. The molecule has 0 bridgehead atoms. The molecule has 6 nitrogen and oxygen atoms in total. The summed E-state index contributed by atoms with van der Waals surface area (Å²) < 4.78 is 0. The summed E-state index contributed by atoms with van der Waals surface area (Å²) in [6.45, 7) is 4.42. The third-order valence-electron chi connectivity index (χ3n) is 3.65. The molecule has 0 spiro atoms. The molecule has 2 saturated heterocycles. The van der Waals surface area contributed by atoms with Crippen molar-refractivity contribution in [3.8, 4) is 0 Å². The number of piperazine rings is 1. The molecule has 0 aromatic carbocycles. The van der Waals surface area contributed by atoms with Crippen molar-refractivity contribution in [1.82, 2.24) is 15.1 Å². The maximum atomic E-state index is 12.2. The predicted octanol–water partition coefficient (Wildman–Crippen LogP) is -0.797. The first-order chi connectivity index (χ1) is 8.58. The van der Waals surface area contributed by atoms with Gasteiger partial charge in [0.05, 0.1) is 5.92 Å². The lowest BCUT2D eigenvalue weighted by molar-refractivity contribution is -0.142. The van der Waals surface area contributed by atoms with Crippen molar-refractivity contribution in [1.29, 1.82) is 0 Å². The Bertz CT molecular complexity index is 352. The van der Waals surface area contributed by atoms with Gasteiger partial charge >= 0.3 is 0 Å². The number of piperidine rings is 1. The SMILES string of the molecule is CC(=O)N1CCN(C(=O)C2CCC(=O)NC2)CC1. The molecule has 0 radical (unpaired) electrons. The molecular weight excluding hydrogens is 234 g/mol. The van der Waals surface area contributed by atoms with Crippen LogP contribution in [0.25, 0.3) is 0 Å². The first kappa shape index (κ1) is 12.9. The van der Waals surface area contributed by atoms with Crippen LogP contribution in [0.5, 0.6) is 0 Å². The maximum Gasteiger partial charge on any atom is 0.227 e. The standard InChI is InChI=1S/C12H19N3O3/c1-9(16)14-4-6-15(7-5-14)12(18)10-2-3-11(17)13-8-10/h10H,2-8H2,1H3,(H,13,17). The molecule has 1 unspecified atom stereocenters. The van der Waals surface area contributed by atoms with Gasteiger partial charge in [-0.25, -0.2) is 0 Å². The molecule has 1 N–H and O–H groups in total. The maximum absolute atomic E-state index is 12.2. The number of carbonyl (C=O) groups excluding carboxylic acids is 3. The lowest BCUT2D eigenvalue weighted by Gasteiger charge is -2.36. The monoisotopic (exact) mass is 253 g/mol. The Morgan fingerprint density at radius 3 is 2.28 bits per heavy atom. The van der Waals surface area contributed by atoms with Crippen LogP contribution in [0.3, 0.4) is 0 Å². The van der Waals surface area contributed by atoms with Crippen LogP contribution in [-0.2, 0) is 14.4 Å². The molecule has 1 atom stereocenters. The second kappa shape index (κ2) is 5.37. The fraction of sp³-hybridized carbons (Fsp3) is 0.750. The van der Waals surface area contributed by atoms with Gasteiger partial charge in [-0.2, -0.15) is 0 Å². The summed E-state index contributed by atoms with van der Waals surface area (Å²) in [6, 6.07) is 0. The zero-order chi connectivity index (χ0) is 13.1. The summed E-state index contributed by atoms with van der Waals surface area (Å²) in [5.74, 6) is 0.109. The third-order valence-corrected chi connectivity index (χ3v) is 3.65. The fourth-order valence-corrected chi connectivity index (χ4v) is 2.44. The second-order valence-electron chi connectivity index (χ2n) is 4.87. The predicted molar refractivity (Wildman–Crippen MR) is 64.6 cm³/mol. The second-order valence-corrected chi connectivity index (χ2v) is 4.87. The molecule has 0 aromatic heterocycles. The normalized spacial score (nSPS) is 24.7. The number of rotatable bonds is 1. The molecule has 0 saturated carbocycles. The van der Waals surface area contributed by atoms with Crippen LogP contribution in [0.15, 0.2) is 0 Å². The average Bonchev–Trinajstić information content (AvgIpc) is 2.39. The van der Waals surface area contributed by atoms with E-state index in [2.05, 4.69) is 5.32 Å². The van der Waals surface area contributed by atoms with Crippen molar-refractivity contribution in [2.45, 2.75) is 19.8 Å². The molecule has 2 heterocycles. The van der Waals surface area contributed by atoms with E-state index in [0.717, 1.165) is 0 Å². The lowest BCUT2D eigenvalue weighted by atomic mass is 9.97. The van der Waals surface area contributed by atoms with Gasteiger partial charge in [-0.15, -0.1) is 0 Å². The quantitative estimate of drug-likeness (QED) is 0.665. The zero-order valence-electron chi connectivity index (χ0n) is 10.6. The Balaban J connectivity index is 1.84. The van der Waals surface area contributed by atoms with Crippen LogP contribution < -0.4 is 5.32 Å².